The summed E-state index contributed by atoms with van der Waals surface area (Å²) < 4.78 is 1.58. The van der Waals surface area contributed by atoms with Crippen LogP contribution in [0, 0.1) is 0 Å². The SMILES string of the molecule is Cn1c(C2=CCCCC2)nc2c(CNc3ncccc3C(=O)O)cc(Cl)cc2c1=O. The number of aromatic nitrogens is 3. The Morgan fingerprint density at radius 3 is 2.90 bits per heavy atom. The van der Waals surface area contributed by atoms with E-state index >= 15 is 0 Å². The molecule has 30 heavy (non-hydrogen) atoms. The molecule has 1 aromatic carbocycles. The van der Waals surface area contributed by atoms with Crippen molar-refractivity contribution in [3.8, 4) is 0 Å². The molecule has 8 heteroatoms. The van der Waals surface area contributed by atoms with Gasteiger partial charge in [-0.25, -0.2) is 14.8 Å². The van der Waals surface area contributed by atoms with Crippen molar-refractivity contribution in [1.82, 2.24) is 14.5 Å². The molecule has 0 spiro atoms. The molecule has 3 aromatic rings. The highest BCUT2D eigenvalue weighted by Gasteiger charge is 2.17. The van der Waals surface area contributed by atoms with Crippen LogP contribution in [-0.4, -0.2) is 25.6 Å². The van der Waals surface area contributed by atoms with E-state index < -0.39 is 5.97 Å². The monoisotopic (exact) mass is 424 g/mol. The maximum absolute atomic E-state index is 13.0. The third kappa shape index (κ3) is 3.80. The van der Waals surface area contributed by atoms with E-state index in [1.165, 1.54) is 12.3 Å². The van der Waals surface area contributed by atoms with E-state index in [1.807, 2.05) is 0 Å². The van der Waals surface area contributed by atoms with Gasteiger partial charge in [0.1, 0.15) is 17.2 Å². The van der Waals surface area contributed by atoms with Crippen molar-refractivity contribution in [2.24, 2.45) is 7.05 Å². The van der Waals surface area contributed by atoms with Gasteiger partial charge in [0.15, 0.2) is 0 Å². The molecule has 2 heterocycles. The number of fused-ring (bicyclic) bond motifs is 1. The highest BCUT2D eigenvalue weighted by molar-refractivity contribution is 6.31. The number of hydrogen-bond donors (Lipinski definition) is 2. The van der Waals surface area contributed by atoms with E-state index in [2.05, 4.69) is 16.4 Å². The van der Waals surface area contributed by atoms with Gasteiger partial charge in [0.2, 0.25) is 0 Å². The van der Waals surface area contributed by atoms with Gasteiger partial charge in [-0.15, -0.1) is 0 Å². The number of aromatic carboxylic acids is 1. The summed E-state index contributed by atoms with van der Waals surface area (Å²) in [5.41, 5.74) is 2.25. The van der Waals surface area contributed by atoms with Crippen molar-refractivity contribution in [1.29, 1.82) is 0 Å². The third-order valence-electron chi connectivity index (χ3n) is 5.29. The van der Waals surface area contributed by atoms with Gasteiger partial charge in [-0.1, -0.05) is 17.7 Å². The predicted molar refractivity (Wildman–Crippen MR) is 117 cm³/mol. The van der Waals surface area contributed by atoms with Crippen molar-refractivity contribution < 1.29 is 9.90 Å². The number of halogens is 1. The van der Waals surface area contributed by atoms with Gasteiger partial charge in [0.25, 0.3) is 5.56 Å². The first kappa shape index (κ1) is 20.1. The van der Waals surface area contributed by atoms with E-state index in [9.17, 15) is 14.7 Å². The first-order chi connectivity index (χ1) is 14.5. The average Bonchev–Trinajstić information content (AvgIpc) is 2.75. The van der Waals surface area contributed by atoms with E-state index in [4.69, 9.17) is 16.6 Å². The fraction of sp³-hybridized carbons (Fsp3) is 0.273. The van der Waals surface area contributed by atoms with Gasteiger partial charge in [0, 0.05) is 24.8 Å². The van der Waals surface area contributed by atoms with Gasteiger partial charge in [0.05, 0.1) is 10.9 Å². The Kier molecular flexibility index (Phi) is 5.55. The summed E-state index contributed by atoms with van der Waals surface area (Å²) in [6, 6.07) is 6.41. The summed E-state index contributed by atoms with van der Waals surface area (Å²) in [4.78, 5) is 33.4. The molecule has 0 radical (unpaired) electrons. The molecule has 0 aliphatic heterocycles. The standard InChI is InChI=1S/C22H21ClN4O3/c1-27-20(13-6-3-2-4-7-13)26-18-14(10-15(23)11-17(18)21(27)28)12-25-19-16(22(29)30)8-5-9-24-19/h5-6,8-11H,2-4,7,12H2,1H3,(H,24,25)(H,29,30). The Balaban J connectivity index is 1.80. The summed E-state index contributed by atoms with van der Waals surface area (Å²) in [5.74, 6) is -0.155. The maximum Gasteiger partial charge on any atom is 0.339 e. The second kappa shape index (κ2) is 8.28. The molecule has 2 N–H and O–H groups in total. The Morgan fingerprint density at radius 2 is 2.17 bits per heavy atom. The zero-order valence-corrected chi connectivity index (χ0v) is 17.2. The molecule has 0 amide bonds. The number of nitrogens with one attached hydrogen (secondary N) is 1. The van der Waals surface area contributed by atoms with E-state index in [0.717, 1.165) is 31.3 Å². The lowest BCUT2D eigenvalue weighted by atomic mass is 9.98. The van der Waals surface area contributed by atoms with E-state index in [0.29, 0.717) is 27.3 Å². The lowest BCUT2D eigenvalue weighted by Crippen LogP contribution is -2.23. The maximum atomic E-state index is 13.0. The van der Waals surface area contributed by atoms with Crippen LogP contribution in [0.2, 0.25) is 5.02 Å². The van der Waals surface area contributed by atoms with Gasteiger partial charge < -0.3 is 10.4 Å². The molecular formula is C22H21ClN4O3. The number of anilines is 1. The Morgan fingerprint density at radius 1 is 1.33 bits per heavy atom. The van der Waals surface area contributed by atoms with Crippen LogP contribution in [0.25, 0.3) is 16.5 Å². The number of nitrogens with zero attached hydrogens (tertiary/aromatic N) is 3. The molecule has 0 saturated carbocycles. The minimum atomic E-state index is -1.07. The normalized spacial score (nSPS) is 13.9. The number of benzene rings is 1. The van der Waals surface area contributed by atoms with Crippen LogP contribution in [0.1, 0.15) is 47.4 Å². The van der Waals surface area contributed by atoms with Crippen molar-refractivity contribution in [3.05, 3.63) is 68.9 Å². The zero-order valence-electron chi connectivity index (χ0n) is 16.5. The molecule has 0 bridgehead atoms. The third-order valence-corrected chi connectivity index (χ3v) is 5.50. The molecule has 0 atom stereocenters. The van der Waals surface area contributed by atoms with Crippen LogP contribution in [0.3, 0.4) is 0 Å². The number of carboxylic acid groups (broad SMARTS) is 1. The summed E-state index contributed by atoms with van der Waals surface area (Å²) in [6.45, 7) is 0.229. The molecule has 2 aromatic heterocycles. The van der Waals surface area contributed by atoms with Gasteiger partial charge in [-0.2, -0.15) is 0 Å². The van der Waals surface area contributed by atoms with E-state index in [-0.39, 0.29) is 23.5 Å². The van der Waals surface area contributed by atoms with Gasteiger partial charge in [-0.05, 0) is 61.1 Å². The zero-order chi connectivity index (χ0) is 21.3. The van der Waals surface area contributed by atoms with Crippen LogP contribution in [0.5, 0.6) is 0 Å². The quantitative estimate of drug-likeness (QED) is 0.635. The smallest absolute Gasteiger partial charge is 0.339 e. The Hall–Kier alpha value is -3.19. The van der Waals surface area contributed by atoms with Crippen LogP contribution in [-0.2, 0) is 13.6 Å². The lowest BCUT2D eigenvalue weighted by molar-refractivity contribution is 0.0697. The molecule has 0 fully saturated rings. The molecule has 1 aliphatic carbocycles. The lowest BCUT2D eigenvalue weighted by Gasteiger charge is -2.17. The van der Waals surface area contributed by atoms with Crippen LogP contribution in [0.4, 0.5) is 5.82 Å². The van der Waals surface area contributed by atoms with Crippen molar-refractivity contribution >= 4 is 39.9 Å². The summed E-state index contributed by atoms with van der Waals surface area (Å²) >= 11 is 6.28. The largest absolute Gasteiger partial charge is 0.478 e. The fourth-order valence-electron chi connectivity index (χ4n) is 3.77. The minimum absolute atomic E-state index is 0.0701. The molecule has 1 aliphatic rings. The highest BCUT2D eigenvalue weighted by atomic mass is 35.5. The van der Waals surface area contributed by atoms with Crippen molar-refractivity contribution in [2.45, 2.75) is 32.2 Å². The number of hydrogen-bond acceptors (Lipinski definition) is 5. The molecular weight excluding hydrogens is 404 g/mol. The highest BCUT2D eigenvalue weighted by Crippen LogP contribution is 2.28. The van der Waals surface area contributed by atoms with E-state index in [1.54, 1.807) is 29.8 Å². The number of pyridine rings is 1. The average molecular weight is 425 g/mol. The topological polar surface area (TPSA) is 97.1 Å². The number of rotatable bonds is 5. The first-order valence-electron chi connectivity index (χ1n) is 9.76. The second-order valence-corrected chi connectivity index (χ2v) is 7.73. The molecule has 4 rings (SSSR count). The predicted octanol–water partition coefficient (Wildman–Crippen LogP) is 4.25. The number of allylic oxidation sites excluding steroid dienone is 2. The minimum Gasteiger partial charge on any atom is -0.478 e. The fourth-order valence-corrected chi connectivity index (χ4v) is 4.01. The first-order valence-corrected chi connectivity index (χ1v) is 10.1. The molecule has 7 nitrogen and oxygen atoms in total. The number of carboxylic acids is 1. The van der Waals surface area contributed by atoms with Crippen molar-refractivity contribution in [3.63, 3.8) is 0 Å². The molecule has 154 valence electrons. The summed E-state index contributed by atoms with van der Waals surface area (Å²) in [7, 11) is 1.73. The Bertz CT molecular complexity index is 1230. The molecule has 0 saturated heterocycles. The van der Waals surface area contributed by atoms with Crippen LogP contribution < -0.4 is 10.9 Å². The van der Waals surface area contributed by atoms with Crippen LogP contribution in [0.15, 0.2) is 41.3 Å². The van der Waals surface area contributed by atoms with Crippen LogP contribution >= 0.6 is 11.6 Å². The summed E-state index contributed by atoms with van der Waals surface area (Å²) in [5, 5.41) is 13.3. The summed E-state index contributed by atoms with van der Waals surface area (Å²) in [6.07, 6.45) is 7.77. The van der Waals surface area contributed by atoms with Gasteiger partial charge in [-0.3, -0.25) is 9.36 Å². The van der Waals surface area contributed by atoms with Gasteiger partial charge >= 0.3 is 5.97 Å². The molecule has 0 unspecified atom stereocenters. The number of carbonyl (C=O) groups is 1. The second-order valence-electron chi connectivity index (χ2n) is 7.29. The Labute approximate surface area is 178 Å². The van der Waals surface area contributed by atoms with Crippen molar-refractivity contribution in [2.75, 3.05) is 5.32 Å².